The topological polar surface area (TPSA) is 49.4 Å². The summed E-state index contributed by atoms with van der Waals surface area (Å²) < 4.78 is 23.6. The Labute approximate surface area is 124 Å². The third kappa shape index (κ3) is 3.20. The van der Waals surface area contributed by atoms with Crippen molar-refractivity contribution >= 4 is 9.84 Å². The van der Waals surface area contributed by atoms with Crippen LogP contribution in [0.5, 0.6) is 0 Å². The van der Waals surface area contributed by atoms with Crippen LogP contribution in [0.25, 0.3) is 0 Å². The van der Waals surface area contributed by atoms with Crippen molar-refractivity contribution in [1.82, 2.24) is 10.2 Å². The minimum absolute atomic E-state index is 0.164. The minimum Gasteiger partial charge on any atom is -0.308 e. The molecule has 2 rings (SSSR count). The van der Waals surface area contributed by atoms with Crippen LogP contribution in [0.4, 0.5) is 0 Å². The van der Waals surface area contributed by atoms with E-state index < -0.39 is 9.84 Å². The molecular weight excluding hydrogens is 272 g/mol. The summed E-state index contributed by atoms with van der Waals surface area (Å²) in [5, 5.41) is 3.75. The lowest BCUT2D eigenvalue weighted by molar-refractivity contribution is 0.0241. The van der Waals surface area contributed by atoms with Crippen LogP contribution in [0.1, 0.15) is 47.0 Å². The molecule has 0 amide bonds. The van der Waals surface area contributed by atoms with E-state index in [9.17, 15) is 8.42 Å². The maximum absolute atomic E-state index is 11.8. The van der Waals surface area contributed by atoms with Crippen molar-refractivity contribution in [2.24, 2.45) is 5.92 Å². The van der Waals surface area contributed by atoms with E-state index in [1.165, 1.54) is 0 Å². The second-order valence-corrected chi connectivity index (χ2v) is 9.14. The first-order valence-corrected chi connectivity index (χ1v) is 9.86. The van der Waals surface area contributed by atoms with Crippen molar-refractivity contribution in [3.63, 3.8) is 0 Å². The van der Waals surface area contributed by atoms with Gasteiger partial charge in [0.1, 0.15) is 0 Å². The van der Waals surface area contributed by atoms with Crippen molar-refractivity contribution in [3.05, 3.63) is 0 Å². The summed E-state index contributed by atoms with van der Waals surface area (Å²) in [6.07, 6.45) is 3.02. The Morgan fingerprint density at radius 1 is 1.30 bits per heavy atom. The van der Waals surface area contributed by atoms with Crippen LogP contribution < -0.4 is 5.32 Å². The molecule has 0 aromatic heterocycles. The lowest BCUT2D eigenvalue weighted by atomic mass is 9.85. The second kappa shape index (κ2) is 5.93. The Kier molecular flexibility index (Phi) is 4.82. The van der Waals surface area contributed by atoms with Crippen LogP contribution >= 0.6 is 0 Å². The van der Waals surface area contributed by atoms with Gasteiger partial charge in [0.25, 0.3) is 0 Å². The van der Waals surface area contributed by atoms with Crippen LogP contribution in [0.2, 0.25) is 0 Å². The minimum atomic E-state index is -2.81. The molecule has 118 valence electrons. The fraction of sp³-hybridized carbons (Fsp3) is 1.00. The number of sulfone groups is 1. The van der Waals surface area contributed by atoms with Gasteiger partial charge in [0.05, 0.1) is 11.5 Å². The van der Waals surface area contributed by atoms with E-state index in [0.717, 1.165) is 32.4 Å². The Bertz CT molecular complexity index is 429. The van der Waals surface area contributed by atoms with Gasteiger partial charge in [-0.25, -0.2) is 8.42 Å². The molecule has 2 unspecified atom stereocenters. The molecule has 4 nitrogen and oxygen atoms in total. The van der Waals surface area contributed by atoms with Gasteiger partial charge in [-0.3, -0.25) is 4.90 Å². The molecule has 1 N–H and O–H groups in total. The van der Waals surface area contributed by atoms with Gasteiger partial charge in [-0.2, -0.15) is 0 Å². The molecular formula is C15H30N2O2S. The van der Waals surface area contributed by atoms with Gasteiger partial charge in [0.2, 0.25) is 0 Å². The lowest BCUT2D eigenvalue weighted by Gasteiger charge is -2.51. The molecule has 5 heteroatoms. The van der Waals surface area contributed by atoms with E-state index in [-0.39, 0.29) is 11.6 Å². The molecule has 0 saturated carbocycles. The van der Waals surface area contributed by atoms with Gasteiger partial charge in [0, 0.05) is 30.7 Å². The summed E-state index contributed by atoms with van der Waals surface area (Å²) in [7, 11) is -2.81. The molecule has 0 bridgehead atoms. The molecule has 2 saturated heterocycles. The summed E-state index contributed by atoms with van der Waals surface area (Å²) in [5.74, 6) is 1.29. The molecule has 0 aliphatic carbocycles. The Hall–Kier alpha value is -0.130. The maximum Gasteiger partial charge on any atom is 0.151 e. The second-order valence-electron chi connectivity index (χ2n) is 6.91. The summed E-state index contributed by atoms with van der Waals surface area (Å²) in [6, 6.07) is 0.687. The molecule has 0 spiro atoms. The van der Waals surface area contributed by atoms with E-state index in [2.05, 4.69) is 37.9 Å². The zero-order valence-electron chi connectivity index (χ0n) is 13.4. The predicted molar refractivity (Wildman–Crippen MR) is 83.7 cm³/mol. The van der Waals surface area contributed by atoms with Gasteiger partial charge in [-0.15, -0.1) is 0 Å². The first-order chi connectivity index (χ1) is 9.32. The number of hydrogen-bond acceptors (Lipinski definition) is 4. The van der Waals surface area contributed by atoms with E-state index in [0.29, 0.717) is 23.5 Å². The molecule has 2 heterocycles. The average molecular weight is 302 g/mol. The summed E-state index contributed by atoms with van der Waals surface area (Å²) in [4.78, 5) is 2.51. The van der Waals surface area contributed by atoms with Gasteiger partial charge in [-0.05, 0) is 25.2 Å². The highest BCUT2D eigenvalue weighted by atomic mass is 32.2. The van der Waals surface area contributed by atoms with E-state index in [1.54, 1.807) is 0 Å². The summed E-state index contributed by atoms with van der Waals surface area (Å²) in [6.45, 7) is 10.9. The Morgan fingerprint density at radius 2 is 1.95 bits per heavy atom. The average Bonchev–Trinajstić information content (AvgIpc) is 2.78. The molecule has 0 aromatic carbocycles. The largest absolute Gasteiger partial charge is 0.308 e. The normalized spacial score (nSPS) is 33.6. The van der Waals surface area contributed by atoms with E-state index in [4.69, 9.17) is 0 Å². The van der Waals surface area contributed by atoms with Crippen LogP contribution in [-0.2, 0) is 9.84 Å². The number of nitrogens with one attached hydrogen (secondary N) is 1. The van der Waals surface area contributed by atoms with Crippen LogP contribution in [0.15, 0.2) is 0 Å². The number of rotatable bonds is 4. The monoisotopic (exact) mass is 302 g/mol. The predicted octanol–water partition coefficient (Wildman–Crippen LogP) is 1.66. The van der Waals surface area contributed by atoms with Crippen molar-refractivity contribution < 1.29 is 8.42 Å². The van der Waals surface area contributed by atoms with Crippen molar-refractivity contribution in [2.45, 2.75) is 64.6 Å². The van der Waals surface area contributed by atoms with E-state index >= 15 is 0 Å². The lowest BCUT2D eigenvalue weighted by Crippen LogP contribution is -2.67. The summed E-state index contributed by atoms with van der Waals surface area (Å²) >= 11 is 0. The molecule has 2 aliphatic rings. The van der Waals surface area contributed by atoms with Gasteiger partial charge < -0.3 is 5.32 Å². The van der Waals surface area contributed by atoms with E-state index in [1.807, 2.05) is 0 Å². The molecule has 2 aliphatic heterocycles. The summed E-state index contributed by atoms with van der Waals surface area (Å²) in [5.41, 5.74) is 0.164. The maximum atomic E-state index is 11.8. The van der Waals surface area contributed by atoms with Crippen LogP contribution in [0, 0.1) is 5.92 Å². The third-order valence-corrected chi connectivity index (χ3v) is 7.15. The van der Waals surface area contributed by atoms with Crippen molar-refractivity contribution in [1.29, 1.82) is 0 Å². The quantitative estimate of drug-likeness (QED) is 0.858. The molecule has 2 atom stereocenters. The fourth-order valence-corrected chi connectivity index (χ4v) is 5.48. The Morgan fingerprint density at radius 3 is 2.40 bits per heavy atom. The molecule has 2 fully saturated rings. The molecule has 20 heavy (non-hydrogen) atoms. The highest BCUT2D eigenvalue weighted by Gasteiger charge is 2.43. The molecule has 0 aromatic rings. The highest BCUT2D eigenvalue weighted by Crippen LogP contribution is 2.30. The van der Waals surface area contributed by atoms with Crippen LogP contribution in [0.3, 0.4) is 0 Å². The first-order valence-electron chi connectivity index (χ1n) is 8.03. The van der Waals surface area contributed by atoms with Gasteiger partial charge in [0.15, 0.2) is 9.84 Å². The standard InChI is InChI=1S/C15H30N2O2S/c1-5-15(6-2)11-17(14(9-16-15)12(3)4)13-7-8-20(18,19)10-13/h12-14,16H,5-11H2,1-4H3. The first kappa shape index (κ1) is 16.2. The zero-order chi connectivity index (χ0) is 15.0. The number of nitrogens with zero attached hydrogens (tertiary/aromatic N) is 1. The fourth-order valence-electron chi connectivity index (χ4n) is 3.74. The highest BCUT2D eigenvalue weighted by molar-refractivity contribution is 7.91. The van der Waals surface area contributed by atoms with Crippen molar-refractivity contribution in [3.8, 4) is 0 Å². The Balaban J connectivity index is 2.19. The SMILES string of the molecule is CCC1(CC)CN(C2CCS(=O)(=O)C2)C(C(C)C)CN1. The third-order valence-electron chi connectivity index (χ3n) is 5.40. The smallest absolute Gasteiger partial charge is 0.151 e. The van der Waals surface area contributed by atoms with Crippen LogP contribution in [-0.4, -0.2) is 55.5 Å². The van der Waals surface area contributed by atoms with Gasteiger partial charge >= 0.3 is 0 Å². The number of hydrogen-bond donors (Lipinski definition) is 1. The number of piperazine rings is 1. The van der Waals surface area contributed by atoms with Crippen molar-refractivity contribution in [2.75, 3.05) is 24.6 Å². The van der Waals surface area contributed by atoms with Gasteiger partial charge in [-0.1, -0.05) is 27.7 Å². The zero-order valence-corrected chi connectivity index (χ0v) is 14.2. The molecule has 0 radical (unpaired) electrons.